The molecule has 5 nitrogen and oxygen atoms in total. The van der Waals surface area contributed by atoms with Gasteiger partial charge in [-0.15, -0.1) is 0 Å². The van der Waals surface area contributed by atoms with Gasteiger partial charge < -0.3 is 10.4 Å². The lowest BCUT2D eigenvalue weighted by Gasteiger charge is -2.36. The van der Waals surface area contributed by atoms with Crippen molar-refractivity contribution in [1.29, 1.82) is 0 Å². The van der Waals surface area contributed by atoms with Crippen molar-refractivity contribution < 1.29 is 10.0 Å². The molecule has 0 heterocycles. The Balaban J connectivity index is 2.06. The zero-order valence-corrected chi connectivity index (χ0v) is 11.9. The van der Waals surface area contributed by atoms with E-state index in [1.165, 1.54) is 6.42 Å². The molecule has 2 N–H and O–H groups in total. The van der Waals surface area contributed by atoms with Gasteiger partial charge in [0.15, 0.2) is 0 Å². The SMILES string of the molecule is Cc1ccc(NCC2(CO)CCCCC2)cc1[N+](=O)[O-]. The maximum atomic E-state index is 10.9. The Kier molecular flexibility index (Phi) is 4.60. The number of aliphatic hydroxyl groups excluding tert-OH is 1. The summed E-state index contributed by atoms with van der Waals surface area (Å²) >= 11 is 0. The molecule has 0 radical (unpaired) electrons. The predicted molar refractivity (Wildman–Crippen MR) is 78.9 cm³/mol. The van der Waals surface area contributed by atoms with Crippen LogP contribution in [0.25, 0.3) is 0 Å². The fourth-order valence-electron chi connectivity index (χ4n) is 2.90. The van der Waals surface area contributed by atoms with Crippen molar-refractivity contribution in [2.24, 2.45) is 5.41 Å². The highest BCUT2D eigenvalue weighted by atomic mass is 16.6. The number of aryl methyl sites for hydroxylation is 1. The molecule has 0 bridgehead atoms. The average Bonchev–Trinajstić information content (AvgIpc) is 2.47. The van der Waals surface area contributed by atoms with Gasteiger partial charge in [-0.2, -0.15) is 0 Å². The number of benzene rings is 1. The summed E-state index contributed by atoms with van der Waals surface area (Å²) in [5.74, 6) is 0. The maximum absolute atomic E-state index is 10.9. The van der Waals surface area contributed by atoms with Crippen molar-refractivity contribution in [3.05, 3.63) is 33.9 Å². The number of nitrogens with zero attached hydrogens (tertiary/aromatic N) is 1. The normalized spacial score (nSPS) is 17.7. The molecule has 0 spiro atoms. The van der Waals surface area contributed by atoms with Crippen molar-refractivity contribution in [1.82, 2.24) is 0 Å². The molecule has 1 aliphatic rings. The van der Waals surface area contributed by atoms with Gasteiger partial charge in [0, 0.05) is 29.3 Å². The van der Waals surface area contributed by atoms with Crippen LogP contribution in [-0.2, 0) is 0 Å². The smallest absolute Gasteiger partial charge is 0.274 e. The van der Waals surface area contributed by atoms with Crippen LogP contribution in [0.15, 0.2) is 18.2 Å². The summed E-state index contributed by atoms with van der Waals surface area (Å²) in [5.41, 5.74) is 1.48. The van der Waals surface area contributed by atoms with E-state index in [4.69, 9.17) is 0 Å². The van der Waals surface area contributed by atoms with Crippen LogP contribution in [0.2, 0.25) is 0 Å². The number of hydrogen-bond donors (Lipinski definition) is 2. The van der Waals surface area contributed by atoms with E-state index in [0.717, 1.165) is 31.4 Å². The summed E-state index contributed by atoms with van der Waals surface area (Å²) in [5, 5.41) is 23.9. The highest BCUT2D eigenvalue weighted by molar-refractivity contribution is 5.54. The highest BCUT2D eigenvalue weighted by Gasteiger charge is 2.31. The molecular formula is C15H22N2O3. The lowest BCUT2D eigenvalue weighted by molar-refractivity contribution is -0.385. The van der Waals surface area contributed by atoms with Crippen LogP contribution in [0.5, 0.6) is 0 Å². The third-order valence-corrected chi connectivity index (χ3v) is 4.32. The second kappa shape index (κ2) is 6.22. The zero-order chi connectivity index (χ0) is 14.6. The van der Waals surface area contributed by atoms with Crippen molar-refractivity contribution in [3.63, 3.8) is 0 Å². The first-order valence-corrected chi connectivity index (χ1v) is 7.16. The lowest BCUT2D eigenvalue weighted by atomic mass is 9.74. The third kappa shape index (κ3) is 3.28. The van der Waals surface area contributed by atoms with Crippen molar-refractivity contribution >= 4 is 11.4 Å². The molecule has 1 aliphatic carbocycles. The first-order valence-electron chi connectivity index (χ1n) is 7.16. The Labute approximate surface area is 119 Å². The van der Waals surface area contributed by atoms with Gasteiger partial charge in [-0.25, -0.2) is 0 Å². The van der Waals surface area contributed by atoms with E-state index in [1.54, 1.807) is 19.1 Å². The number of nitrogens with one attached hydrogen (secondary N) is 1. The Bertz CT molecular complexity index is 482. The summed E-state index contributed by atoms with van der Waals surface area (Å²) in [7, 11) is 0. The van der Waals surface area contributed by atoms with E-state index in [9.17, 15) is 15.2 Å². The summed E-state index contributed by atoms with van der Waals surface area (Å²) in [6, 6.07) is 5.19. The first-order chi connectivity index (χ1) is 9.56. The van der Waals surface area contributed by atoms with Gasteiger partial charge in [0.05, 0.1) is 11.5 Å². The first kappa shape index (κ1) is 14.8. The third-order valence-electron chi connectivity index (χ3n) is 4.32. The lowest BCUT2D eigenvalue weighted by Crippen LogP contribution is -2.35. The van der Waals surface area contributed by atoms with Crippen LogP contribution in [-0.4, -0.2) is 23.2 Å². The second-order valence-corrected chi connectivity index (χ2v) is 5.83. The highest BCUT2D eigenvalue weighted by Crippen LogP contribution is 2.36. The van der Waals surface area contributed by atoms with E-state index in [2.05, 4.69) is 5.32 Å². The van der Waals surface area contributed by atoms with Gasteiger partial charge in [0.25, 0.3) is 5.69 Å². The molecule has 1 aromatic rings. The molecule has 0 saturated heterocycles. The Hall–Kier alpha value is -1.62. The minimum atomic E-state index is -0.358. The van der Waals surface area contributed by atoms with Crippen molar-refractivity contribution in [2.45, 2.75) is 39.0 Å². The van der Waals surface area contributed by atoms with Gasteiger partial charge >= 0.3 is 0 Å². The molecule has 2 rings (SSSR count). The predicted octanol–water partition coefficient (Wildman–Crippen LogP) is 3.26. The van der Waals surface area contributed by atoms with Crippen molar-refractivity contribution in [2.75, 3.05) is 18.5 Å². The molecule has 1 fully saturated rings. The topological polar surface area (TPSA) is 75.4 Å². The largest absolute Gasteiger partial charge is 0.396 e. The molecule has 0 unspecified atom stereocenters. The monoisotopic (exact) mass is 278 g/mol. The molecule has 110 valence electrons. The van der Waals surface area contributed by atoms with Crippen LogP contribution in [0.4, 0.5) is 11.4 Å². The van der Waals surface area contributed by atoms with E-state index in [1.807, 2.05) is 6.07 Å². The Morgan fingerprint density at radius 2 is 2.05 bits per heavy atom. The molecule has 0 amide bonds. The molecule has 0 aromatic heterocycles. The quantitative estimate of drug-likeness (QED) is 0.640. The van der Waals surface area contributed by atoms with Crippen LogP contribution < -0.4 is 5.32 Å². The van der Waals surface area contributed by atoms with Gasteiger partial charge in [0.1, 0.15) is 0 Å². The standard InChI is InChI=1S/C15H22N2O3/c1-12-5-6-13(9-14(12)17(19)20)16-10-15(11-18)7-3-2-4-8-15/h5-6,9,16,18H,2-4,7-8,10-11H2,1H3. The number of anilines is 1. The van der Waals surface area contributed by atoms with Gasteiger partial charge in [-0.05, 0) is 25.8 Å². The maximum Gasteiger partial charge on any atom is 0.274 e. The number of hydrogen-bond acceptors (Lipinski definition) is 4. The number of rotatable bonds is 5. The fraction of sp³-hybridized carbons (Fsp3) is 0.600. The number of aliphatic hydroxyl groups is 1. The average molecular weight is 278 g/mol. The van der Waals surface area contributed by atoms with E-state index in [-0.39, 0.29) is 22.6 Å². The molecule has 0 atom stereocenters. The molecule has 1 aromatic carbocycles. The van der Waals surface area contributed by atoms with Crippen LogP contribution in [0.3, 0.4) is 0 Å². The second-order valence-electron chi connectivity index (χ2n) is 5.83. The molecule has 0 aliphatic heterocycles. The van der Waals surface area contributed by atoms with E-state index >= 15 is 0 Å². The summed E-state index contributed by atoms with van der Waals surface area (Å²) in [6.07, 6.45) is 5.57. The molecule has 5 heteroatoms. The summed E-state index contributed by atoms with van der Waals surface area (Å²) in [4.78, 5) is 10.6. The van der Waals surface area contributed by atoms with Gasteiger partial charge in [0.2, 0.25) is 0 Å². The molecular weight excluding hydrogens is 256 g/mol. The number of nitro benzene ring substituents is 1. The van der Waals surface area contributed by atoms with E-state index in [0.29, 0.717) is 12.1 Å². The van der Waals surface area contributed by atoms with Gasteiger partial charge in [-0.1, -0.05) is 25.3 Å². The van der Waals surface area contributed by atoms with E-state index < -0.39 is 0 Å². The van der Waals surface area contributed by atoms with Crippen LogP contribution in [0, 0.1) is 22.5 Å². The van der Waals surface area contributed by atoms with Gasteiger partial charge in [-0.3, -0.25) is 10.1 Å². The zero-order valence-electron chi connectivity index (χ0n) is 11.9. The molecule has 1 saturated carbocycles. The minimum Gasteiger partial charge on any atom is -0.396 e. The molecule has 20 heavy (non-hydrogen) atoms. The summed E-state index contributed by atoms with van der Waals surface area (Å²) < 4.78 is 0. The van der Waals surface area contributed by atoms with Crippen molar-refractivity contribution in [3.8, 4) is 0 Å². The minimum absolute atomic E-state index is 0.0715. The van der Waals surface area contributed by atoms with Crippen LogP contribution in [0.1, 0.15) is 37.7 Å². The Morgan fingerprint density at radius 1 is 1.35 bits per heavy atom. The summed E-state index contributed by atoms with van der Waals surface area (Å²) in [6.45, 7) is 2.58. The Morgan fingerprint density at radius 3 is 2.65 bits per heavy atom. The fourth-order valence-corrected chi connectivity index (χ4v) is 2.90. The number of nitro groups is 1. The van der Waals surface area contributed by atoms with Crippen LogP contribution >= 0.6 is 0 Å².